The quantitative estimate of drug-likeness (QED) is 0.242. The van der Waals surface area contributed by atoms with Crippen molar-refractivity contribution >= 4 is 40.5 Å². The predicted octanol–water partition coefficient (Wildman–Crippen LogP) is 6.21. The number of nitrogens with zero attached hydrogens (tertiary/aromatic N) is 2. The molecule has 0 aliphatic carbocycles. The van der Waals surface area contributed by atoms with Gasteiger partial charge in [0, 0.05) is 11.3 Å². The van der Waals surface area contributed by atoms with E-state index in [-0.39, 0.29) is 5.91 Å². The molecule has 35 heavy (non-hydrogen) atoms. The van der Waals surface area contributed by atoms with Crippen LogP contribution in [0.25, 0.3) is 0 Å². The highest BCUT2D eigenvalue weighted by molar-refractivity contribution is 8.00. The van der Waals surface area contributed by atoms with Crippen molar-refractivity contribution < 1.29 is 9.18 Å². The summed E-state index contributed by atoms with van der Waals surface area (Å²) in [6, 6.07) is 18.6. The van der Waals surface area contributed by atoms with Gasteiger partial charge in [-0.1, -0.05) is 36.4 Å². The molecule has 2 N–H and O–H groups in total. The number of hydrogen-bond acceptors (Lipinski definition) is 6. The second kappa shape index (κ2) is 9.64. The number of carbonyl (C=O) groups is 1. The van der Waals surface area contributed by atoms with Gasteiger partial charge in [-0.15, -0.1) is 11.8 Å². The van der Waals surface area contributed by atoms with Gasteiger partial charge in [0.25, 0.3) is 0 Å². The first-order valence-electron chi connectivity index (χ1n) is 11.1. The van der Waals surface area contributed by atoms with Crippen LogP contribution in [0.4, 0.5) is 15.9 Å². The third kappa shape index (κ3) is 4.72. The topological polar surface area (TPSA) is 66.9 Å². The molecule has 1 fully saturated rings. The van der Waals surface area contributed by atoms with Gasteiger partial charge in [-0.25, -0.2) is 9.97 Å². The van der Waals surface area contributed by atoms with E-state index in [2.05, 4.69) is 22.2 Å². The molecule has 8 heteroatoms. The number of nitrogens with one attached hydrogen (secondary N) is 2. The number of aromatic nitrogens is 2. The van der Waals surface area contributed by atoms with Crippen LogP contribution in [-0.4, -0.2) is 21.1 Å². The van der Waals surface area contributed by atoms with Gasteiger partial charge in [-0.2, -0.15) is 15.7 Å². The van der Waals surface area contributed by atoms with E-state index >= 15 is 0 Å². The zero-order valence-electron chi connectivity index (χ0n) is 19.0. The Labute approximate surface area is 211 Å². The number of thioether (sulfide) groups is 1. The van der Waals surface area contributed by atoms with Gasteiger partial charge in [0.15, 0.2) is 0 Å². The summed E-state index contributed by atoms with van der Waals surface area (Å²) in [7, 11) is 0. The van der Waals surface area contributed by atoms with E-state index in [0.717, 1.165) is 21.6 Å². The number of pyridine rings is 2. The molecule has 1 aliphatic heterocycles. The minimum Gasteiger partial charge on any atom is -0.339 e. The Morgan fingerprint density at radius 3 is 2.74 bits per heavy atom. The maximum atomic E-state index is 13.5. The number of rotatable bonds is 6. The Balaban J connectivity index is 1.48. The van der Waals surface area contributed by atoms with Crippen molar-refractivity contribution in [3.05, 3.63) is 113 Å². The van der Waals surface area contributed by atoms with E-state index in [4.69, 9.17) is 4.98 Å². The highest BCUT2D eigenvalue weighted by Crippen LogP contribution is 2.44. The Morgan fingerprint density at radius 1 is 1.17 bits per heavy atom. The average Bonchev–Trinajstić information content (AvgIpc) is 3.40. The zero-order valence-corrected chi connectivity index (χ0v) is 20.6. The molecule has 0 spiro atoms. The smallest absolute Gasteiger partial charge is 0.238 e. The molecule has 0 saturated carbocycles. The number of anilines is 2. The van der Waals surface area contributed by atoms with Crippen LogP contribution in [0.5, 0.6) is 0 Å². The number of piperidine rings is 1. The molecule has 2 unspecified atom stereocenters. The molecule has 176 valence electrons. The molecule has 1 aliphatic rings. The fourth-order valence-electron chi connectivity index (χ4n) is 4.21. The van der Waals surface area contributed by atoms with Crippen LogP contribution in [0.1, 0.15) is 23.2 Å². The van der Waals surface area contributed by atoms with E-state index in [1.165, 1.54) is 24.0 Å². The van der Waals surface area contributed by atoms with E-state index in [1.54, 1.807) is 17.4 Å². The van der Waals surface area contributed by atoms with Gasteiger partial charge in [0.05, 0.1) is 17.6 Å². The van der Waals surface area contributed by atoms with Gasteiger partial charge in [-0.05, 0) is 65.2 Å². The Morgan fingerprint density at radius 2 is 2.03 bits per heavy atom. The summed E-state index contributed by atoms with van der Waals surface area (Å²) < 4.78 is 13.2. The van der Waals surface area contributed by atoms with Crippen molar-refractivity contribution in [3.8, 4) is 0 Å². The highest BCUT2D eigenvalue weighted by atomic mass is 32.2. The van der Waals surface area contributed by atoms with Crippen molar-refractivity contribution in [2.45, 2.75) is 29.0 Å². The SMILES string of the molecule is C=C1CC(c2ccsc2)(c2cccc(Nc3ccc(F)nc3)n2)NC(=O)C1Sc1ccccc1C. The second-order valence-electron chi connectivity index (χ2n) is 8.41. The Bertz CT molecular complexity index is 1350. The minimum absolute atomic E-state index is 0.0939. The fraction of sp³-hybridized carbons (Fsp3) is 0.148. The number of halogens is 1. The summed E-state index contributed by atoms with van der Waals surface area (Å²) in [4.78, 5) is 23.1. The lowest BCUT2D eigenvalue weighted by Gasteiger charge is -2.41. The summed E-state index contributed by atoms with van der Waals surface area (Å²) in [5, 5.41) is 10.1. The second-order valence-corrected chi connectivity index (χ2v) is 10.3. The minimum atomic E-state index is -0.838. The number of amides is 1. The molecular weight excluding hydrogens is 479 g/mol. The van der Waals surface area contributed by atoms with E-state index < -0.39 is 16.7 Å². The number of aryl methyl sites for hydroxylation is 1. The standard InChI is InChI=1S/C27H23FN4OS2/c1-17-6-3-4-7-21(17)35-25-18(2)14-27(32-26(25)33,19-12-13-34-16-19)22-8-5-9-24(31-22)30-20-10-11-23(28)29-15-20/h3-13,15-16,25H,2,14H2,1H3,(H,30,31)(H,32,33). The van der Waals surface area contributed by atoms with E-state index in [9.17, 15) is 9.18 Å². The van der Waals surface area contributed by atoms with Crippen molar-refractivity contribution in [1.29, 1.82) is 0 Å². The summed E-state index contributed by atoms with van der Waals surface area (Å²) >= 11 is 3.10. The fourth-order valence-corrected chi connectivity index (χ4v) is 6.03. The first-order chi connectivity index (χ1) is 16.9. The van der Waals surface area contributed by atoms with Crippen molar-refractivity contribution in [3.63, 3.8) is 0 Å². The number of carbonyl (C=O) groups excluding carboxylic acids is 1. The molecule has 1 aromatic carbocycles. The van der Waals surface area contributed by atoms with Crippen molar-refractivity contribution in [1.82, 2.24) is 15.3 Å². The van der Waals surface area contributed by atoms with Gasteiger partial charge < -0.3 is 10.6 Å². The summed E-state index contributed by atoms with van der Waals surface area (Å²) in [5.74, 6) is -0.0689. The monoisotopic (exact) mass is 502 g/mol. The Kier molecular flexibility index (Phi) is 6.40. The number of benzene rings is 1. The van der Waals surface area contributed by atoms with Crippen LogP contribution >= 0.6 is 23.1 Å². The molecule has 5 rings (SSSR count). The molecule has 5 nitrogen and oxygen atoms in total. The largest absolute Gasteiger partial charge is 0.339 e. The molecule has 1 amide bonds. The van der Waals surface area contributed by atoms with E-state index in [0.29, 0.717) is 23.6 Å². The van der Waals surface area contributed by atoms with Crippen LogP contribution in [0, 0.1) is 12.9 Å². The highest BCUT2D eigenvalue weighted by Gasteiger charge is 2.46. The van der Waals surface area contributed by atoms with Crippen LogP contribution in [0.15, 0.2) is 94.7 Å². The Hall–Kier alpha value is -3.49. The summed E-state index contributed by atoms with van der Waals surface area (Å²) in [6.45, 7) is 6.38. The number of hydrogen-bond donors (Lipinski definition) is 2. The van der Waals surface area contributed by atoms with Crippen LogP contribution in [0.3, 0.4) is 0 Å². The zero-order chi connectivity index (χ0) is 24.4. The lowest BCUT2D eigenvalue weighted by molar-refractivity contribution is -0.122. The molecular formula is C27H23FN4OS2. The first-order valence-corrected chi connectivity index (χ1v) is 12.9. The van der Waals surface area contributed by atoms with Crippen LogP contribution < -0.4 is 10.6 Å². The third-order valence-corrected chi connectivity index (χ3v) is 8.15. The summed E-state index contributed by atoms with van der Waals surface area (Å²) in [5.41, 5.74) is 3.41. The predicted molar refractivity (Wildman–Crippen MR) is 140 cm³/mol. The van der Waals surface area contributed by atoms with Crippen molar-refractivity contribution in [2.75, 3.05) is 5.32 Å². The maximum absolute atomic E-state index is 13.5. The van der Waals surface area contributed by atoms with Gasteiger partial charge in [0.1, 0.15) is 16.6 Å². The lowest BCUT2D eigenvalue weighted by atomic mass is 9.78. The van der Waals surface area contributed by atoms with E-state index in [1.807, 2.05) is 66.2 Å². The molecule has 0 bridgehead atoms. The maximum Gasteiger partial charge on any atom is 0.238 e. The average molecular weight is 503 g/mol. The van der Waals surface area contributed by atoms with Crippen molar-refractivity contribution in [2.24, 2.45) is 0 Å². The van der Waals surface area contributed by atoms with Gasteiger partial charge in [-0.3, -0.25) is 4.79 Å². The molecule has 1 saturated heterocycles. The molecule has 0 radical (unpaired) electrons. The third-order valence-electron chi connectivity index (χ3n) is 5.98. The van der Waals surface area contributed by atoms with Crippen LogP contribution in [0.2, 0.25) is 0 Å². The van der Waals surface area contributed by atoms with Crippen LogP contribution in [-0.2, 0) is 10.3 Å². The molecule has 2 atom stereocenters. The first kappa shape index (κ1) is 23.3. The molecule has 3 aromatic heterocycles. The summed E-state index contributed by atoms with van der Waals surface area (Å²) in [6.07, 6.45) is 1.93. The number of thiophene rings is 1. The van der Waals surface area contributed by atoms with Gasteiger partial charge >= 0.3 is 0 Å². The lowest BCUT2D eigenvalue weighted by Crippen LogP contribution is -2.55. The normalized spacial score (nSPS) is 19.9. The molecule has 4 heterocycles. The molecule has 4 aromatic rings. The van der Waals surface area contributed by atoms with Gasteiger partial charge in [0.2, 0.25) is 11.9 Å².